The van der Waals surface area contributed by atoms with E-state index in [1.807, 2.05) is 0 Å². The van der Waals surface area contributed by atoms with Crippen LogP contribution in [-0.4, -0.2) is 42.6 Å². The second kappa shape index (κ2) is 6.70. The number of hydrogen-bond donors (Lipinski definition) is 2. The van der Waals surface area contributed by atoms with Crippen molar-refractivity contribution in [2.45, 2.75) is 19.3 Å². The smallest absolute Gasteiger partial charge is 0.260 e. The van der Waals surface area contributed by atoms with Gasteiger partial charge in [0.1, 0.15) is 17.1 Å². The molecule has 1 heterocycles. The van der Waals surface area contributed by atoms with Crippen molar-refractivity contribution in [2.24, 2.45) is 5.92 Å². The third kappa shape index (κ3) is 3.48. The second-order valence-corrected chi connectivity index (χ2v) is 5.34. The van der Waals surface area contributed by atoms with Crippen LogP contribution in [0.1, 0.15) is 29.6 Å². The van der Waals surface area contributed by atoms with Gasteiger partial charge in [0.2, 0.25) is 0 Å². The topological polar surface area (TPSA) is 52.6 Å². The first-order chi connectivity index (χ1) is 9.59. The highest BCUT2D eigenvalue weighted by molar-refractivity contribution is 5.96. The maximum Gasteiger partial charge on any atom is 0.260 e. The Kier molecular flexibility index (Phi) is 4.95. The molecule has 20 heavy (non-hydrogen) atoms. The van der Waals surface area contributed by atoms with Crippen molar-refractivity contribution in [3.63, 3.8) is 0 Å². The number of nitrogens with zero attached hydrogens (tertiary/aromatic N) is 1. The molecule has 2 N–H and O–H groups in total. The summed E-state index contributed by atoms with van der Waals surface area (Å²) in [6.45, 7) is 2.63. The van der Waals surface area contributed by atoms with Gasteiger partial charge in [-0.3, -0.25) is 4.79 Å². The van der Waals surface area contributed by atoms with E-state index in [1.54, 1.807) is 7.05 Å². The molecule has 0 radical (unpaired) electrons. The highest BCUT2D eigenvalue weighted by Gasteiger charge is 2.21. The van der Waals surface area contributed by atoms with Crippen LogP contribution in [0.15, 0.2) is 18.2 Å². The molecule has 0 spiro atoms. The van der Waals surface area contributed by atoms with Gasteiger partial charge in [0, 0.05) is 13.6 Å². The summed E-state index contributed by atoms with van der Waals surface area (Å²) in [7, 11) is 1.65. The number of carbonyl (C=O) groups excluding carboxylic acids is 1. The molecule has 110 valence electrons. The van der Waals surface area contributed by atoms with Gasteiger partial charge in [0.05, 0.1) is 0 Å². The van der Waals surface area contributed by atoms with Crippen LogP contribution in [0, 0.1) is 11.7 Å². The Balaban J connectivity index is 1.94. The Morgan fingerprint density at radius 2 is 2.15 bits per heavy atom. The second-order valence-electron chi connectivity index (χ2n) is 5.34. The first kappa shape index (κ1) is 14.8. The minimum Gasteiger partial charge on any atom is -0.507 e. The Labute approximate surface area is 118 Å². The molecule has 1 amide bonds. The maximum absolute atomic E-state index is 13.6. The quantitative estimate of drug-likeness (QED) is 0.887. The van der Waals surface area contributed by atoms with Gasteiger partial charge < -0.3 is 15.3 Å². The highest BCUT2D eigenvalue weighted by Crippen LogP contribution is 2.22. The number of phenolic OH excluding ortho intramolecular Hbond substituents is 1. The molecule has 0 saturated carbocycles. The summed E-state index contributed by atoms with van der Waals surface area (Å²) >= 11 is 0. The first-order valence-corrected chi connectivity index (χ1v) is 7.03. The molecule has 1 aliphatic heterocycles. The Bertz CT molecular complexity index is 453. The van der Waals surface area contributed by atoms with Gasteiger partial charge >= 0.3 is 0 Å². The van der Waals surface area contributed by atoms with E-state index in [0.29, 0.717) is 12.5 Å². The van der Waals surface area contributed by atoms with Crippen LogP contribution in [-0.2, 0) is 0 Å². The summed E-state index contributed by atoms with van der Waals surface area (Å²) in [4.78, 5) is 13.7. The summed E-state index contributed by atoms with van der Waals surface area (Å²) in [5.74, 6) is -0.831. The van der Waals surface area contributed by atoms with Gasteiger partial charge in [-0.1, -0.05) is 6.07 Å². The zero-order valence-electron chi connectivity index (χ0n) is 11.7. The maximum atomic E-state index is 13.6. The molecule has 1 aliphatic rings. The van der Waals surface area contributed by atoms with Crippen LogP contribution < -0.4 is 5.32 Å². The van der Waals surface area contributed by atoms with Gasteiger partial charge in [-0.2, -0.15) is 0 Å². The molecule has 1 fully saturated rings. The molecule has 0 bridgehead atoms. The number of benzene rings is 1. The van der Waals surface area contributed by atoms with Crippen LogP contribution in [0.2, 0.25) is 0 Å². The third-order valence-electron chi connectivity index (χ3n) is 3.88. The average molecular weight is 280 g/mol. The summed E-state index contributed by atoms with van der Waals surface area (Å²) in [5.41, 5.74) is -0.236. The van der Waals surface area contributed by atoms with E-state index < -0.39 is 11.7 Å². The SMILES string of the molecule is CN(CCC1CCNCC1)C(=O)c1c(O)cccc1F. The largest absolute Gasteiger partial charge is 0.507 e. The van der Waals surface area contributed by atoms with E-state index in [4.69, 9.17) is 0 Å². The molecule has 0 atom stereocenters. The predicted molar refractivity (Wildman–Crippen MR) is 75.2 cm³/mol. The molecule has 1 aromatic rings. The number of rotatable bonds is 4. The van der Waals surface area contributed by atoms with Gasteiger partial charge in [-0.05, 0) is 50.4 Å². The van der Waals surface area contributed by atoms with Crippen LogP contribution in [0.3, 0.4) is 0 Å². The van der Waals surface area contributed by atoms with E-state index in [9.17, 15) is 14.3 Å². The fourth-order valence-electron chi connectivity index (χ4n) is 2.56. The number of hydrogen-bond acceptors (Lipinski definition) is 3. The lowest BCUT2D eigenvalue weighted by Crippen LogP contribution is -2.33. The van der Waals surface area contributed by atoms with E-state index in [0.717, 1.165) is 32.4 Å². The normalized spacial score (nSPS) is 16.1. The Hall–Kier alpha value is -1.62. The van der Waals surface area contributed by atoms with Crippen molar-refractivity contribution >= 4 is 5.91 Å². The summed E-state index contributed by atoms with van der Waals surface area (Å²) in [6.07, 6.45) is 3.15. The fourth-order valence-corrected chi connectivity index (χ4v) is 2.56. The molecule has 0 aliphatic carbocycles. The van der Waals surface area contributed by atoms with Crippen molar-refractivity contribution in [1.82, 2.24) is 10.2 Å². The standard InChI is InChI=1S/C15H21FN2O2/c1-18(10-7-11-5-8-17-9-6-11)15(20)14-12(16)3-2-4-13(14)19/h2-4,11,17,19H,5-10H2,1H3. The number of amides is 1. The fraction of sp³-hybridized carbons (Fsp3) is 0.533. The molecule has 4 nitrogen and oxygen atoms in total. The molecular formula is C15H21FN2O2. The lowest BCUT2D eigenvalue weighted by atomic mass is 9.94. The Morgan fingerprint density at radius 3 is 2.80 bits per heavy atom. The molecule has 0 unspecified atom stereocenters. The zero-order valence-corrected chi connectivity index (χ0v) is 11.7. The van der Waals surface area contributed by atoms with Crippen LogP contribution in [0.25, 0.3) is 0 Å². The molecule has 2 rings (SSSR count). The van der Waals surface area contributed by atoms with E-state index >= 15 is 0 Å². The summed E-state index contributed by atoms with van der Waals surface area (Å²) in [6, 6.07) is 3.90. The zero-order chi connectivity index (χ0) is 14.5. The predicted octanol–water partition coefficient (Wildman–Crippen LogP) is 1.99. The van der Waals surface area contributed by atoms with Crippen LogP contribution >= 0.6 is 0 Å². The van der Waals surface area contributed by atoms with Crippen LogP contribution in [0.4, 0.5) is 4.39 Å². The monoisotopic (exact) mass is 280 g/mol. The molecule has 0 aromatic heterocycles. The first-order valence-electron chi connectivity index (χ1n) is 7.03. The number of aromatic hydroxyl groups is 1. The van der Waals surface area contributed by atoms with Crippen molar-refractivity contribution < 1.29 is 14.3 Å². The number of phenols is 1. The molecule has 5 heteroatoms. The minimum atomic E-state index is -0.677. The van der Waals surface area contributed by atoms with E-state index in [1.165, 1.54) is 23.1 Å². The van der Waals surface area contributed by atoms with Crippen LogP contribution in [0.5, 0.6) is 5.75 Å². The van der Waals surface area contributed by atoms with Crippen molar-refractivity contribution in [2.75, 3.05) is 26.7 Å². The average Bonchev–Trinajstić information content (AvgIpc) is 2.45. The van der Waals surface area contributed by atoms with Gasteiger partial charge in [-0.25, -0.2) is 4.39 Å². The number of nitrogens with one attached hydrogen (secondary N) is 1. The van der Waals surface area contributed by atoms with E-state index in [-0.39, 0.29) is 11.3 Å². The van der Waals surface area contributed by atoms with Crippen molar-refractivity contribution in [3.05, 3.63) is 29.6 Å². The highest BCUT2D eigenvalue weighted by atomic mass is 19.1. The number of carbonyl (C=O) groups is 1. The van der Waals surface area contributed by atoms with E-state index in [2.05, 4.69) is 5.32 Å². The lowest BCUT2D eigenvalue weighted by Gasteiger charge is -2.25. The number of halogens is 1. The summed E-state index contributed by atoms with van der Waals surface area (Å²) < 4.78 is 13.6. The van der Waals surface area contributed by atoms with Gasteiger partial charge in [0.25, 0.3) is 5.91 Å². The van der Waals surface area contributed by atoms with Crippen molar-refractivity contribution in [1.29, 1.82) is 0 Å². The molecular weight excluding hydrogens is 259 g/mol. The molecule has 1 saturated heterocycles. The summed E-state index contributed by atoms with van der Waals surface area (Å²) in [5, 5.41) is 12.9. The minimum absolute atomic E-state index is 0.236. The van der Waals surface area contributed by atoms with Crippen molar-refractivity contribution in [3.8, 4) is 5.75 Å². The molecule has 1 aromatic carbocycles. The Morgan fingerprint density at radius 1 is 1.45 bits per heavy atom. The number of piperidine rings is 1. The third-order valence-corrected chi connectivity index (χ3v) is 3.88. The lowest BCUT2D eigenvalue weighted by molar-refractivity contribution is 0.0776. The van der Waals surface area contributed by atoms with Gasteiger partial charge in [0.15, 0.2) is 0 Å². The van der Waals surface area contributed by atoms with Gasteiger partial charge in [-0.15, -0.1) is 0 Å².